The second kappa shape index (κ2) is 6.86. The van der Waals surface area contributed by atoms with Crippen molar-refractivity contribution in [2.45, 2.75) is 12.6 Å². The Morgan fingerprint density at radius 2 is 2.04 bits per heavy atom. The van der Waals surface area contributed by atoms with E-state index in [1.54, 1.807) is 19.4 Å². The number of likely N-dealkylation sites (N-methyl/N-ethyl adjacent to an activating group) is 1. The fourth-order valence-corrected chi connectivity index (χ4v) is 2.99. The molecule has 0 radical (unpaired) electrons. The van der Waals surface area contributed by atoms with E-state index in [0.717, 1.165) is 11.3 Å². The smallest absolute Gasteiger partial charge is 0.273 e. The summed E-state index contributed by atoms with van der Waals surface area (Å²) >= 11 is 0. The second-order valence-electron chi connectivity index (χ2n) is 6.04. The predicted molar refractivity (Wildman–Crippen MR) is 90.8 cm³/mol. The molecule has 1 fully saturated rings. The van der Waals surface area contributed by atoms with Crippen molar-refractivity contribution in [3.05, 3.63) is 58.8 Å². The molecule has 1 aromatic heterocycles. The molecule has 1 aliphatic heterocycles. The highest BCUT2D eigenvalue weighted by atomic mass is 16.2. The number of carbonyl (C=O) groups is 2. The number of primary amides is 1. The van der Waals surface area contributed by atoms with Crippen molar-refractivity contribution in [2.75, 3.05) is 13.6 Å². The van der Waals surface area contributed by atoms with E-state index in [1.807, 2.05) is 24.3 Å². The van der Waals surface area contributed by atoms with Gasteiger partial charge in [-0.3, -0.25) is 23.9 Å². The summed E-state index contributed by atoms with van der Waals surface area (Å²) in [7, 11) is 1.65. The van der Waals surface area contributed by atoms with Gasteiger partial charge in [0.15, 0.2) is 0 Å². The number of hydrogen-bond donors (Lipinski definition) is 2. The van der Waals surface area contributed by atoms with Gasteiger partial charge in [-0.1, -0.05) is 12.1 Å². The van der Waals surface area contributed by atoms with Crippen LogP contribution in [0.25, 0.3) is 5.69 Å². The Bertz CT molecular complexity index is 846. The summed E-state index contributed by atoms with van der Waals surface area (Å²) in [4.78, 5) is 40.5. The molecule has 3 rings (SSSR count). The number of nitrogens with one attached hydrogen (secondary N) is 1. The number of benzene rings is 1. The Labute approximate surface area is 144 Å². The summed E-state index contributed by atoms with van der Waals surface area (Å²) in [6.07, 6.45) is 4.41. The van der Waals surface area contributed by atoms with Gasteiger partial charge in [-0.15, -0.1) is 0 Å². The molecule has 0 bridgehead atoms. The molecule has 0 spiro atoms. The lowest BCUT2D eigenvalue weighted by Gasteiger charge is -2.16. The number of nitrogens with two attached hydrogens (primary N) is 1. The summed E-state index contributed by atoms with van der Waals surface area (Å²) < 4.78 is 1.50. The molecule has 2 unspecified atom stereocenters. The van der Waals surface area contributed by atoms with Crippen LogP contribution in [0.5, 0.6) is 0 Å². The molecule has 2 aromatic rings. The third kappa shape index (κ3) is 3.43. The standard InChI is InChI=1S/C17H19N5O3/c1-21-10-13(15(16(18)24)17(21)25)20-8-11-2-4-12(5-3-11)22-7-6-19-9-14(22)23/h2-7,9,13,15,20H,8,10H2,1H3,(H2,18,24). The largest absolute Gasteiger partial charge is 0.369 e. The molecule has 2 heterocycles. The molecular weight excluding hydrogens is 322 g/mol. The van der Waals surface area contributed by atoms with Crippen molar-refractivity contribution in [1.29, 1.82) is 0 Å². The summed E-state index contributed by atoms with van der Waals surface area (Å²) in [5, 5.41) is 3.22. The van der Waals surface area contributed by atoms with Crippen molar-refractivity contribution in [3.8, 4) is 5.69 Å². The zero-order valence-electron chi connectivity index (χ0n) is 13.8. The van der Waals surface area contributed by atoms with Crippen molar-refractivity contribution >= 4 is 11.8 Å². The van der Waals surface area contributed by atoms with E-state index in [4.69, 9.17) is 5.73 Å². The van der Waals surface area contributed by atoms with Crippen LogP contribution in [0.1, 0.15) is 5.56 Å². The van der Waals surface area contributed by atoms with Gasteiger partial charge < -0.3 is 16.0 Å². The number of rotatable bonds is 5. The van der Waals surface area contributed by atoms with Gasteiger partial charge in [-0.05, 0) is 17.7 Å². The quantitative estimate of drug-likeness (QED) is 0.696. The maximum absolute atomic E-state index is 11.9. The van der Waals surface area contributed by atoms with Crippen LogP contribution in [0.15, 0.2) is 47.7 Å². The fraction of sp³-hybridized carbons (Fsp3) is 0.294. The minimum absolute atomic E-state index is 0.204. The highest BCUT2D eigenvalue weighted by molar-refractivity contribution is 6.01. The van der Waals surface area contributed by atoms with E-state index in [-0.39, 0.29) is 17.5 Å². The highest BCUT2D eigenvalue weighted by Gasteiger charge is 2.42. The van der Waals surface area contributed by atoms with Gasteiger partial charge in [0.25, 0.3) is 5.56 Å². The first-order chi connectivity index (χ1) is 12.0. The normalized spacial score (nSPS) is 20.0. The maximum Gasteiger partial charge on any atom is 0.273 e. The first-order valence-electron chi connectivity index (χ1n) is 7.87. The van der Waals surface area contributed by atoms with E-state index in [9.17, 15) is 14.4 Å². The zero-order chi connectivity index (χ0) is 18.0. The van der Waals surface area contributed by atoms with E-state index >= 15 is 0 Å². The van der Waals surface area contributed by atoms with Gasteiger partial charge in [0.1, 0.15) is 5.92 Å². The number of carbonyl (C=O) groups excluding carboxylic acids is 2. The summed E-state index contributed by atoms with van der Waals surface area (Å²) in [6, 6.07) is 7.12. The molecule has 2 atom stereocenters. The molecule has 0 aliphatic carbocycles. The van der Waals surface area contributed by atoms with Crippen molar-refractivity contribution in [2.24, 2.45) is 11.7 Å². The van der Waals surface area contributed by atoms with Crippen LogP contribution in [-0.4, -0.2) is 45.9 Å². The van der Waals surface area contributed by atoms with E-state index < -0.39 is 11.8 Å². The van der Waals surface area contributed by atoms with E-state index in [1.165, 1.54) is 15.7 Å². The monoisotopic (exact) mass is 341 g/mol. The fourth-order valence-electron chi connectivity index (χ4n) is 2.99. The number of likely N-dealkylation sites (tertiary alicyclic amines) is 1. The van der Waals surface area contributed by atoms with Crippen molar-refractivity contribution < 1.29 is 9.59 Å². The van der Waals surface area contributed by atoms with Crippen molar-refractivity contribution in [3.63, 3.8) is 0 Å². The first kappa shape index (κ1) is 16.8. The Kier molecular flexibility index (Phi) is 4.62. The van der Waals surface area contributed by atoms with Gasteiger partial charge in [-0.25, -0.2) is 0 Å². The molecule has 1 saturated heterocycles. The molecule has 2 amide bonds. The van der Waals surface area contributed by atoms with Crippen molar-refractivity contribution in [1.82, 2.24) is 19.8 Å². The predicted octanol–water partition coefficient (Wildman–Crippen LogP) is -0.736. The Hall–Kier alpha value is -3.00. The van der Waals surface area contributed by atoms with Gasteiger partial charge in [0.05, 0.1) is 6.20 Å². The summed E-state index contributed by atoms with van der Waals surface area (Å²) in [5.41, 5.74) is 6.85. The van der Waals surface area contributed by atoms with Gasteiger partial charge in [0.2, 0.25) is 11.8 Å². The van der Waals surface area contributed by atoms with Crippen LogP contribution < -0.4 is 16.6 Å². The number of hydrogen-bond acceptors (Lipinski definition) is 5. The van der Waals surface area contributed by atoms with Crippen LogP contribution in [-0.2, 0) is 16.1 Å². The number of nitrogens with zero attached hydrogens (tertiary/aromatic N) is 3. The molecular formula is C17H19N5O3. The number of aromatic nitrogens is 2. The Morgan fingerprint density at radius 1 is 1.32 bits per heavy atom. The first-order valence-corrected chi connectivity index (χ1v) is 7.87. The minimum atomic E-state index is -0.834. The number of amides is 2. The summed E-state index contributed by atoms with van der Waals surface area (Å²) in [6.45, 7) is 0.929. The topological polar surface area (TPSA) is 110 Å². The van der Waals surface area contributed by atoms with Gasteiger partial charge in [0, 0.05) is 44.3 Å². The molecule has 1 aromatic carbocycles. The lowest BCUT2D eigenvalue weighted by Crippen LogP contribution is -2.42. The van der Waals surface area contributed by atoms with Crippen LogP contribution in [0.4, 0.5) is 0 Å². The Balaban J connectivity index is 1.68. The molecule has 8 heteroatoms. The lowest BCUT2D eigenvalue weighted by atomic mass is 10.0. The SMILES string of the molecule is CN1CC(NCc2ccc(-n3ccncc3=O)cc2)C(C(N)=O)C1=O. The summed E-state index contributed by atoms with van der Waals surface area (Å²) in [5.74, 6) is -1.70. The molecule has 1 aliphatic rings. The van der Waals surface area contributed by atoms with Crippen LogP contribution >= 0.6 is 0 Å². The third-order valence-electron chi connectivity index (χ3n) is 4.33. The second-order valence-corrected chi connectivity index (χ2v) is 6.04. The van der Waals surface area contributed by atoms with Crippen LogP contribution in [0.2, 0.25) is 0 Å². The maximum atomic E-state index is 11.9. The molecule has 3 N–H and O–H groups in total. The molecule has 0 saturated carbocycles. The zero-order valence-corrected chi connectivity index (χ0v) is 13.8. The lowest BCUT2D eigenvalue weighted by molar-refractivity contribution is -0.136. The van der Waals surface area contributed by atoms with Gasteiger partial charge in [-0.2, -0.15) is 0 Å². The van der Waals surface area contributed by atoms with E-state index in [2.05, 4.69) is 10.3 Å². The molecule has 130 valence electrons. The third-order valence-corrected chi connectivity index (χ3v) is 4.33. The molecule has 8 nitrogen and oxygen atoms in total. The Morgan fingerprint density at radius 3 is 2.68 bits per heavy atom. The minimum Gasteiger partial charge on any atom is -0.369 e. The van der Waals surface area contributed by atoms with E-state index in [0.29, 0.717) is 13.1 Å². The van der Waals surface area contributed by atoms with Gasteiger partial charge >= 0.3 is 0 Å². The average Bonchev–Trinajstić information content (AvgIpc) is 2.88. The van der Waals surface area contributed by atoms with Crippen LogP contribution in [0, 0.1) is 5.92 Å². The highest BCUT2D eigenvalue weighted by Crippen LogP contribution is 2.18. The molecule has 25 heavy (non-hydrogen) atoms. The average molecular weight is 341 g/mol. The van der Waals surface area contributed by atoms with Crippen LogP contribution in [0.3, 0.4) is 0 Å².